The van der Waals surface area contributed by atoms with E-state index < -0.39 is 0 Å². The number of aryl methyl sites for hydroxylation is 1. The van der Waals surface area contributed by atoms with Crippen LogP contribution in [0.25, 0.3) is 0 Å². The molecule has 130 valence electrons. The van der Waals surface area contributed by atoms with Crippen LogP contribution in [-0.4, -0.2) is 41.2 Å². The van der Waals surface area contributed by atoms with Crippen LogP contribution in [0.3, 0.4) is 0 Å². The summed E-state index contributed by atoms with van der Waals surface area (Å²) >= 11 is 0. The van der Waals surface area contributed by atoms with Crippen molar-refractivity contribution in [3.63, 3.8) is 0 Å². The molecule has 0 spiro atoms. The SMILES string of the molecule is Cc1ccccc1CN1CCN(C(=O)c2cc[n+]([O-])cc2)CCC1=O. The molecule has 0 atom stereocenters. The first kappa shape index (κ1) is 17.0. The van der Waals surface area contributed by atoms with Crippen LogP contribution in [0.5, 0.6) is 0 Å². The van der Waals surface area contributed by atoms with E-state index >= 15 is 0 Å². The molecule has 0 bridgehead atoms. The molecule has 25 heavy (non-hydrogen) atoms. The summed E-state index contributed by atoms with van der Waals surface area (Å²) in [6, 6.07) is 11.0. The second-order valence-corrected chi connectivity index (χ2v) is 6.23. The lowest BCUT2D eigenvalue weighted by molar-refractivity contribution is -0.605. The zero-order valence-electron chi connectivity index (χ0n) is 14.2. The van der Waals surface area contributed by atoms with Gasteiger partial charge in [-0.1, -0.05) is 24.3 Å². The van der Waals surface area contributed by atoms with E-state index in [1.165, 1.54) is 24.5 Å². The quantitative estimate of drug-likeness (QED) is 0.629. The Kier molecular flexibility index (Phi) is 4.97. The molecular weight excluding hydrogens is 318 g/mol. The topological polar surface area (TPSA) is 67.6 Å². The molecule has 6 heteroatoms. The molecule has 1 saturated heterocycles. The van der Waals surface area contributed by atoms with E-state index in [1.54, 1.807) is 4.90 Å². The number of benzene rings is 1. The van der Waals surface area contributed by atoms with Crippen molar-refractivity contribution < 1.29 is 14.3 Å². The Morgan fingerprint density at radius 2 is 1.84 bits per heavy atom. The first-order chi connectivity index (χ1) is 12.0. The molecule has 6 nitrogen and oxygen atoms in total. The van der Waals surface area contributed by atoms with Crippen LogP contribution >= 0.6 is 0 Å². The highest BCUT2D eigenvalue weighted by molar-refractivity contribution is 5.94. The van der Waals surface area contributed by atoms with E-state index in [9.17, 15) is 14.8 Å². The van der Waals surface area contributed by atoms with Crippen LogP contribution in [0, 0.1) is 12.1 Å². The Hall–Kier alpha value is -2.89. The first-order valence-corrected chi connectivity index (χ1v) is 8.35. The summed E-state index contributed by atoms with van der Waals surface area (Å²) in [6.45, 7) is 3.99. The summed E-state index contributed by atoms with van der Waals surface area (Å²) in [6.07, 6.45) is 2.92. The fraction of sp³-hybridized carbons (Fsp3) is 0.316. The Labute approximate surface area is 146 Å². The number of hydrogen-bond donors (Lipinski definition) is 0. The summed E-state index contributed by atoms with van der Waals surface area (Å²) in [4.78, 5) is 28.5. The van der Waals surface area contributed by atoms with Crippen molar-refractivity contribution in [3.05, 3.63) is 70.7 Å². The van der Waals surface area contributed by atoms with Crippen molar-refractivity contribution in [2.75, 3.05) is 19.6 Å². The average molecular weight is 339 g/mol. The van der Waals surface area contributed by atoms with Crippen LogP contribution in [-0.2, 0) is 11.3 Å². The third-order valence-electron chi connectivity index (χ3n) is 4.55. The van der Waals surface area contributed by atoms with Crippen molar-refractivity contribution >= 4 is 11.8 Å². The Morgan fingerprint density at radius 1 is 1.12 bits per heavy atom. The monoisotopic (exact) mass is 339 g/mol. The highest BCUT2D eigenvalue weighted by atomic mass is 16.5. The highest BCUT2D eigenvalue weighted by Gasteiger charge is 2.25. The number of carbonyl (C=O) groups is 2. The van der Waals surface area contributed by atoms with E-state index in [4.69, 9.17) is 0 Å². The molecule has 0 aliphatic carbocycles. The molecule has 2 amide bonds. The van der Waals surface area contributed by atoms with Gasteiger partial charge in [-0.25, -0.2) is 0 Å². The van der Waals surface area contributed by atoms with Crippen LogP contribution in [0.2, 0.25) is 0 Å². The molecule has 1 aliphatic rings. The van der Waals surface area contributed by atoms with Gasteiger partial charge in [0.15, 0.2) is 12.4 Å². The Balaban J connectivity index is 1.68. The van der Waals surface area contributed by atoms with Gasteiger partial charge in [-0.2, -0.15) is 4.73 Å². The third-order valence-corrected chi connectivity index (χ3v) is 4.55. The molecule has 1 aliphatic heterocycles. The van der Waals surface area contributed by atoms with Crippen molar-refractivity contribution in [1.82, 2.24) is 9.80 Å². The minimum absolute atomic E-state index is 0.0593. The van der Waals surface area contributed by atoms with Crippen molar-refractivity contribution in [2.45, 2.75) is 19.9 Å². The van der Waals surface area contributed by atoms with Gasteiger partial charge in [0.25, 0.3) is 5.91 Å². The zero-order chi connectivity index (χ0) is 17.8. The van der Waals surface area contributed by atoms with Crippen LogP contribution in [0.4, 0.5) is 0 Å². The van der Waals surface area contributed by atoms with E-state index in [2.05, 4.69) is 0 Å². The summed E-state index contributed by atoms with van der Waals surface area (Å²) in [5.41, 5.74) is 2.74. The predicted octanol–water partition coefficient (Wildman–Crippen LogP) is 1.50. The van der Waals surface area contributed by atoms with Crippen molar-refractivity contribution in [2.24, 2.45) is 0 Å². The Morgan fingerprint density at radius 3 is 2.56 bits per heavy atom. The van der Waals surface area contributed by atoms with Gasteiger partial charge in [-0.3, -0.25) is 9.59 Å². The molecular formula is C19H21N3O3. The molecule has 0 saturated carbocycles. The fourth-order valence-corrected chi connectivity index (χ4v) is 2.97. The molecule has 1 fully saturated rings. The zero-order valence-corrected chi connectivity index (χ0v) is 14.2. The molecule has 3 rings (SSSR count). The number of carbonyl (C=O) groups excluding carboxylic acids is 2. The molecule has 1 aromatic carbocycles. The average Bonchev–Trinajstić information content (AvgIpc) is 2.79. The number of pyridine rings is 1. The minimum Gasteiger partial charge on any atom is -0.619 e. The molecule has 0 unspecified atom stereocenters. The van der Waals surface area contributed by atoms with Crippen molar-refractivity contribution in [3.8, 4) is 0 Å². The summed E-state index contributed by atoms with van der Waals surface area (Å²) in [5.74, 6) is -0.0878. The summed E-state index contributed by atoms with van der Waals surface area (Å²) in [7, 11) is 0. The van der Waals surface area contributed by atoms with Crippen LogP contribution in [0.1, 0.15) is 27.9 Å². The summed E-state index contributed by atoms with van der Waals surface area (Å²) < 4.78 is 0.645. The summed E-state index contributed by atoms with van der Waals surface area (Å²) in [5, 5.41) is 11.1. The van der Waals surface area contributed by atoms with Gasteiger partial charge in [-0.15, -0.1) is 0 Å². The Bertz CT molecular complexity index is 774. The maximum atomic E-state index is 12.6. The standard InChI is InChI=1S/C19H21N3O3/c1-15-4-2-3-5-17(15)14-21-13-12-20(9-8-18(21)23)19(24)16-6-10-22(25)11-7-16/h2-7,10-11H,8-9,12-14H2,1H3. The van der Waals surface area contributed by atoms with Crippen LogP contribution < -0.4 is 4.73 Å². The van der Waals surface area contributed by atoms with Gasteiger partial charge in [0, 0.05) is 44.7 Å². The molecule has 2 aromatic rings. The van der Waals surface area contributed by atoms with Crippen molar-refractivity contribution in [1.29, 1.82) is 0 Å². The van der Waals surface area contributed by atoms with Gasteiger partial charge in [0.2, 0.25) is 5.91 Å². The second-order valence-electron chi connectivity index (χ2n) is 6.23. The normalized spacial score (nSPS) is 15.2. The van der Waals surface area contributed by atoms with Gasteiger partial charge >= 0.3 is 0 Å². The maximum Gasteiger partial charge on any atom is 0.254 e. The first-order valence-electron chi connectivity index (χ1n) is 8.35. The van der Waals surface area contributed by atoms with Gasteiger partial charge in [0.1, 0.15) is 0 Å². The number of hydrogen-bond acceptors (Lipinski definition) is 3. The second kappa shape index (κ2) is 7.34. The lowest BCUT2D eigenvalue weighted by Gasteiger charge is -2.23. The third kappa shape index (κ3) is 3.96. The molecule has 0 N–H and O–H groups in total. The van der Waals surface area contributed by atoms with Gasteiger partial charge in [-0.05, 0) is 18.1 Å². The predicted molar refractivity (Wildman–Crippen MR) is 92.5 cm³/mol. The van der Waals surface area contributed by atoms with Crippen LogP contribution in [0.15, 0.2) is 48.8 Å². The van der Waals surface area contributed by atoms with E-state index in [0.717, 1.165) is 11.1 Å². The number of rotatable bonds is 3. The van der Waals surface area contributed by atoms with E-state index in [-0.39, 0.29) is 11.8 Å². The smallest absolute Gasteiger partial charge is 0.254 e. The molecule has 1 aromatic heterocycles. The van der Waals surface area contributed by atoms with E-state index in [1.807, 2.05) is 36.1 Å². The molecule has 0 radical (unpaired) electrons. The largest absolute Gasteiger partial charge is 0.619 e. The van der Waals surface area contributed by atoms with E-state index in [0.29, 0.717) is 42.9 Å². The highest BCUT2D eigenvalue weighted by Crippen LogP contribution is 2.15. The molecule has 2 heterocycles. The lowest BCUT2D eigenvalue weighted by Crippen LogP contribution is -2.36. The minimum atomic E-state index is -0.147. The van der Waals surface area contributed by atoms with Gasteiger partial charge in [0.05, 0.1) is 5.56 Å². The van der Waals surface area contributed by atoms with Gasteiger partial charge < -0.3 is 15.0 Å². The fourth-order valence-electron chi connectivity index (χ4n) is 2.97. The number of nitrogens with zero attached hydrogens (tertiary/aromatic N) is 3. The lowest BCUT2D eigenvalue weighted by atomic mass is 10.1. The maximum absolute atomic E-state index is 12.6. The number of amides is 2. The number of aromatic nitrogens is 1.